The Morgan fingerprint density at radius 1 is 1.33 bits per heavy atom. The summed E-state index contributed by atoms with van der Waals surface area (Å²) in [6, 6.07) is 4.80. The molecule has 3 unspecified atom stereocenters. The molecule has 1 saturated heterocycles. The Hall–Kier alpha value is -0.660. The van der Waals surface area contributed by atoms with Crippen LogP contribution in [0.25, 0.3) is 0 Å². The number of hydrogen-bond acceptors (Lipinski definition) is 4. The lowest BCUT2D eigenvalue weighted by atomic mass is 10.00. The van der Waals surface area contributed by atoms with Gasteiger partial charge >= 0.3 is 0 Å². The second-order valence-corrected chi connectivity index (χ2v) is 8.17. The maximum absolute atomic E-state index is 12.7. The maximum Gasteiger partial charge on any atom is 0.244 e. The average molecular weight is 331 g/mol. The first kappa shape index (κ1) is 15.2. The van der Waals surface area contributed by atoms with Crippen LogP contribution in [0.15, 0.2) is 23.1 Å². The third-order valence-electron chi connectivity index (χ3n) is 4.64. The number of benzene rings is 1. The van der Waals surface area contributed by atoms with Crippen molar-refractivity contribution >= 4 is 21.6 Å². The molecule has 1 aromatic carbocycles. The Balaban J connectivity index is 1.88. The van der Waals surface area contributed by atoms with E-state index in [1.54, 1.807) is 12.1 Å². The van der Waals surface area contributed by atoms with Crippen molar-refractivity contribution in [3.05, 3.63) is 28.8 Å². The third-order valence-corrected chi connectivity index (χ3v) is 6.95. The maximum atomic E-state index is 12.7. The predicted octanol–water partition coefficient (Wildman–Crippen LogP) is 1.19. The van der Waals surface area contributed by atoms with Gasteiger partial charge in [0.1, 0.15) is 4.90 Å². The zero-order valence-electron chi connectivity index (χ0n) is 11.6. The molecule has 0 spiro atoms. The molecule has 3 atom stereocenters. The normalized spacial score (nSPS) is 29.8. The van der Waals surface area contributed by atoms with Gasteiger partial charge < -0.3 is 10.8 Å². The van der Waals surface area contributed by atoms with E-state index >= 15 is 0 Å². The fraction of sp³-hybridized carbons (Fsp3) is 0.571. The molecule has 1 aromatic rings. The number of sulfonamides is 1. The molecule has 2 fully saturated rings. The van der Waals surface area contributed by atoms with Crippen molar-refractivity contribution in [1.29, 1.82) is 0 Å². The van der Waals surface area contributed by atoms with E-state index in [-0.39, 0.29) is 27.9 Å². The third kappa shape index (κ3) is 2.59. The van der Waals surface area contributed by atoms with Crippen LogP contribution in [0.3, 0.4) is 0 Å². The minimum atomic E-state index is -3.61. The van der Waals surface area contributed by atoms with E-state index in [2.05, 4.69) is 0 Å². The number of halogens is 1. The Morgan fingerprint density at radius 2 is 2.10 bits per heavy atom. The van der Waals surface area contributed by atoms with Gasteiger partial charge in [-0.05, 0) is 36.5 Å². The highest BCUT2D eigenvalue weighted by atomic mass is 35.5. The van der Waals surface area contributed by atoms with Crippen LogP contribution in [-0.2, 0) is 16.6 Å². The van der Waals surface area contributed by atoms with Gasteiger partial charge in [0.05, 0.1) is 11.1 Å². The largest absolute Gasteiger partial charge is 0.393 e. The van der Waals surface area contributed by atoms with Gasteiger partial charge in [0, 0.05) is 25.6 Å². The molecule has 1 aliphatic heterocycles. The minimum absolute atomic E-state index is 0.0573. The Bertz CT molecular complexity index is 650. The molecule has 3 N–H and O–H groups in total. The van der Waals surface area contributed by atoms with E-state index in [9.17, 15) is 13.5 Å². The summed E-state index contributed by atoms with van der Waals surface area (Å²) < 4.78 is 26.9. The van der Waals surface area contributed by atoms with Crippen molar-refractivity contribution in [2.24, 2.45) is 17.6 Å². The SMILES string of the molecule is NCc1ccc(S(=O)(=O)N2CC3CCC(O)C3C2)c(Cl)c1. The lowest BCUT2D eigenvalue weighted by Crippen LogP contribution is -2.31. The van der Waals surface area contributed by atoms with Crippen LogP contribution in [0.4, 0.5) is 0 Å². The van der Waals surface area contributed by atoms with Gasteiger partial charge in [0.2, 0.25) is 10.0 Å². The second-order valence-electron chi connectivity index (χ2n) is 5.86. The molecular weight excluding hydrogens is 312 g/mol. The molecule has 0 bridgehead atoms. The molecule has 1 heterocycles. The molecule has 21 heavy (non-hydrogen) atoms. The van der Waals surface area contributed by atoms with Crippen LogP contribution in [0, 0.1) is 11.8 Å². The number of rotatable bonds is 3. The summed E-state index contributed by atoms with van der Waals surface area (Å²) in [5, 5.41) is 10.1. The molecule has 1 aliphatic carbocycles. The first-order chi connectivity index (χ1) is 9.93. The van der Waals surface area contributed by atoms with Gasteiger partial charge in [-0.25, -0.2) is 8.42 Å². The van der Waals surface area contributed by atoms with E-state index in [1.807, 2.05) is 0 Å². The number of hydrogen-bond donors (Lipinski definition) is 2. The van der Waals surface area contributed by atoms with E-state index in [1.165, 1.54) is 10.4 Å². The molecule has 2 aliphatic rings. The van der Waals surface area contributed by atoms with Crippen LogP contribution < -0.4 is 5.73 Å². The fourth-order valence-corrected chi connectivity index (χ4v) is 5.49. The van der Waals surface area contributed by atoms with Gasteiger partial charge in [-0.3, -0.25) is 0 Å². The molecule has 0 amide bonds. The minimum Gasteiger partial charge on any atom is -0.393 e. The Labute approximate surface area is 129 Å². The summed E-state index contributed by atoms with van der Waals surface area (Å²) in [6.07, 6.45) is 1.28. The summed E-state index contributed by atoms with van der Waals surface area (Å²) in [5.41, 5.74) is 6.33. The topological polar surface area (TPSA) is 83.6 Å². The standard InChI is InChI=1S/C14H19ClN2O3S/c15-12-5-9(6-16)1-4-14(12)21(19,20)17-7-10-2-3-13(18)11(10)8-17/h1,4-5,10-11,13,18H,2-3,6-8,16H2. The smallest absolute Gasteiger partial charge is 0.244 e. The van der Waals surface area contributed by atoms with Crippen LogP contribution >= 0.6 is 11.6 Å². The highest BCUT2D eigenvalue weighted by Gasteiger charge is 2.46. The number of aliphatic hydroxyl groups excluding tert-OH is 1. The molecule has 7 heteroatoms. The van der Waals surface area contributed by atoms with E-state index < -0.39 is 10.0 Å². The molecule has 0 radical (unpaired) electrons. The first-order valence-electron chi connectivity index (χ1n) is 7.10. The summed E-state index contributed by atoms with van der Waals surface area (Å²) >= 11 is 6.11. The van der Waals surface area contributed by atoms with Crippen molar-refractivity contribution < 1.29 is 13.5 Å². The molecule has 116 valence electrons. The van der Waals surface area contributed by atoms with Crippen molar-refractivity contribution in [3.8, 4) is 0 Å². The van der Waals surface area contributed by atoms with Crippen LogP contribution in [0.5, 0.6) is 0 Å². The van der Waals surface area contributed by atoms with Gasteiger partial charge in [-0.1, -0.05) is 17.7 Å². The van der Waals surface area contributed by atoms with Crippen molar-refractivity contribution in [2.75, 3.05) is 13.1 Å². The van der Waals surface area contributed by atoms with Crippen LogP contribution in [0.1, 0.15) is 18.4 Å². The van der Waals surface area contributed by atoms with Gasteiger partial charge in [-0.15, -0.1) is 0 Å². The van der Waals surface area contributed by atoms with Crippen LogP contribution in [-0.4, -0.2) is 37.0 Å². The Morgan fingerprint density at radius 3 is 2.71 bits per heavy atom. The zero-order valence-corrected chi connectivity index (χ0v) is 13.1. The first-order valence-corrected chi connectivity index (χ1v) is 8.92. The lowest BCUT2D eigenvalue weighted by Gasteiger charge is -2.19. The van der Waals surface area contributed by atoms with E-state index in [0.717, 1.165) is 18.4 Å². The number of fused-ring (bicyclic) bond motifs is 1. The van der Waals surface area contributed by atoms with Crippen LogP contribution in [0.2, 0.25) is 5.02 Å². The number of nitrogens with two attached hydrogens (primary N) is 1. The van der Waals surface area contributed by atoms with Crippen molar-refractivity contribution in [2.45, 2.75) is 30.4 Å². The molecule has 0 aromatic heterocycles. The summed E-state index contributed by atoms with van der Waals surface area (Å²) in [5.74, 6) is 0.318. The number of nitrogens with zero attached hydrogens (tertiary/aromatic N) is 1. The fourth-order valence-electron chi connectivity index (χ4n) is 3.41. The Kier molecular flexibility index (Phi) is 4.00. The zero-order chi connectivity index (χ0) is 15.2. The highest BCUT2D eigenvalue weighted by Crippen LogP contribution is 2.40. The van der Waals surface area contributed by atoms with Crippen molar-refractivity contribution in [1.82, 2.24) is 4.31 Å². The number of aliphatic hydroxyl groups is 1. The highest BCUT2D eigenvalue weighted by molar-refractivity contribution is 7.89. The summed E-state index contributed by atoms with van der Waals surface area (Å²) in [7, 11) is -3.61. The molecular formula is C14H19ClN2O3S. The van der Waals surface area contributed by atoms with Gasteiger partial charge in [0.15, 0.2) is 0 Å². The summed E-state index contributed by atoms with van der Waals surface area (Å²) in [4.78, 5) is 0.121. The molecule has 1 saturated carbocycles. The summed E-state index contributed by atoms with van der Waals surface area (Å²) in [6.45, 7) is 1.17. The predicted molar refractivity (Wildman–Crippen MR) is 80.3 cm³/mol. The quantitative estimate of drug-likeness (QED) is 0.872. The van der Waals surface area contributed by atoms with E-state index in [0.29, 0.717) is 19.6 Å². The van der Waals surface area contributed by atoms with Gasteiger partial charge in [-0.2, -0.15) is 4.31 Å². The monoisotopic (exact) mass is 330 g/mol. The second kappa shape index (κ2) is 5.52. The van der Waals surface area contributed by atoms with Crippen molar-refractivity contribution in [3.63, 3.8) is 0 Å². The molecule has 5 nitrogen and oxygen atoms in total. The van der Waals surface area contributed by atoms with E-state index in [4.69, 9.17) is 17.3 Å². The molecule has 3 rings (SSSR count). The average Bonchev–Trinajstić information content (AvgIpc) is 3.01. The lowest BCUT2D eigenvalue weighted by molar-refractivity contribution is 0.129. The van der Waals surface area contributed by atoms with Gasteiger partial charge in [0.25, 0.3) is 0 Å².